The van der Waals surface area contributed by atoms with Crippen molar-refractivity contribution < 1.29 is 41.3 Å². The molecule has 1 aliphatic rings. The van der Waals surface area contributed by atoms with E-state index >= 15 is 0 Å². The minimum Gasteiger partial charge on any atom is -0.490 e. The van der Waals surface area contributed by atoms with Crippen molar-refractivity contribution in [2.24, 2.45) is 0 Å². The normalized spacial score (nSPS) is 14.2. The Balaban J connectivity index is 1.73. The number of carbonyl (C=O) groups excluding carboxylic acids is 1. The summed E-state index contributed by atoms with van der Waals surface area (Å²) < 4.78 is 67.6. The Morgan fingerprint density at radius 3 is 2.47 bits per heavy atom. The molecule has 0 bridgehead atoms. The number of rotatable bonds is 5. The third kappa shape index (κ3) is 4.93. The van der Waals surface area contributed by atoms with E-state index in [2.05, 4.69) is 0 Å². The van der Waals surface area contributed by atoms with Gasteiger partial charge in [0.2, 0.25) is 11.2 Å². The number of fused-ring (bicyclic) bond motifs is 1. The van der Waals surface area contributed by atoms with Gasteiger partial charge in [0.15, 0.2) is 11.5 Å². The van der Waals surface area contributed by atoms with Crippen molar-refractivity contribution in [3.63, 3.8) is 0 Å². The third-order valence-electron chi connectivity index (χ3n) is 4.92. The van der Waals surface area contributed by atoms with Crippen LogP contribution < -0.4 is 19.6 Å². The van der Waals surface area contributed by atoms with E-state index in [1.54, 1.807) is 13.0 Å². The van der Waals surface area contributed by atoms with Gasteiger partial charge < -0.3 is 28.3 Å². The van der Waals surface area contributed by atoms with Gasteiger partial charge in [0.25, 0.3) is 5.76 Å². The van der Waals surface area contributed by atoms with Crippen LogP contribution >= 0.6 is 0 Å². The van der Waals surface area contributed by atoms with Crippen molar-refractivity contribution in [3.8, 4) is 23.0 Å². The number of hydrogen-bond donors (Lipinski definition) is 0. The molecule has 1 aromatic heterocycles. The van der Waals surface area contributed by atoms with Gasteiger partial charge in [0.05, 0.1) is 25.2 Å². The van der Waals surface area contributed by atoms with Gasteiger partial charge in [-0.2, -0.15) is 13.2 Å². The quantitative estimate of drug-likeness (QED) is 0.518. The van der Waals surface area contributed by atoms with Gasteiger partial charge in [-0.1, -0.05) is 12.1 Å². The minimum absolute atomic E-state index is 0.0717. The predicted octanol–water partition coefficient (Wildman–Crippen LogP) is 4.83. The molecule has 180 valence electrons. The van der Waals surface area contributed by atoms with Crippen LogP contribution in [0, 0.1) is 0 Å². The molecule has 1 aliphatic heterocycles. The fourth-order valence-electron chi connectivity index (χ4n) is 3.33. The van der Waals surface area contributed by atoms with E-state index in [0.29, 0.717) is 26.3 Å². The summed E-state index contributed by atoms with van der Waals surface area (Å²) in [6, 6.07) is 9.59. The maximum atomic E-state index is 13.8. The van der Waals surface area contributed by atoms with Crippen molar-refractivity contribution in [2.75, 3.05) is 32.9 Å². The average molecular weight is 479 g/mol. The number of morpholine rings is 1. The molecule has 3 aromatic rings. The van der Waals surface area contributed by atoms with Crippen molar-refractivity contribution in [3.05, 3.63) is 58.4 Å². The molecule has 0 unspecified atom stereocenters. The highest BCUT2D eigenvalue weighted by atomic mass is 19.4. The zero-order valence-corrected chi connectivity index (χ0v) is 18.0. The van der Waals surface area contributed by atoms with E-state index in [0.717, 1.165) is 6.07 Å². The summed E-state index contributed by atoms with van der Waals surface area (Å²) in [6.45, 7) is 3.29. The molecule has 11 heteroatoms. The number of nitrogens with zero attached hydrogens (tertiary/aromatic N) is 1. The van der Waals surface area contributed by atoms with Crippen LogP contribution in [-0.2, 0) is 10.9 Å². The van der Waals surface area contributed by atoms with Crippen molar-refractivity contribution in [1.82, 2.24) is 4.90 Å². The first-order valence-corrected chi connectivity index (χ1v) is 10.4. The average Bonchev–Trinajstić information content (AvgIpc) is 2.82. The molecule has 2 aromatic carbocycles. The summed E-state index contributed by atoms with van der Waals surface area (Å²) in [5.74, 6) is -2.62. The molecule has 0 spiro atoms. The van der Waals surface area contributed by atoms with E-state index in [-0.39, 0.29) is 29.2 Å². The smallest absolute Gasteiger partial charge is 0.453 e. The lowest BCUT2D eigenvalue weighted by Crippen LogP contribution is -2.42. The van der Waals surface area contributed by atoms with E-state index < -0.39 is 34.8 Å². The molecule has 1 amide bonds. The summed E-state index contributed by atoms with van der Waals surface area (Å²) in [7, 11) is 0. The highest BCUT2D eigenvalue weighted by Crippen LogP contribution is 2.40. The summed E-state index contributed by atoms with van der Waals surface area (Å²) >= 11 is 0. The summed E-state index contributed by atoms with van der Waals surface area (Å²) in [5, 5.41) is -0.178. The fourth-order valence-corrected chi connectivity index (χ4v) is 3.33. The molecule has 4 rings (SSSR count). The van der Waals surface area contributed by atoms with Crippen LogP contribution in [0.2, 0.25) is 0 Å². The molecule has 0 radical (unpaired) electrons. The van der Waals surface area contributed by atoms with Crippen LogP contribution in [0.25, 0.3) is 11.0 Å². The van der Waals surface area contributed by atoms with E-state index in [1.165, 1.54) is 35.2 Å². The number of alkyl halides is 3. The molecule has 34 heavy (non-hydrogen) atoms. The van der Waals surface area contributed by atoms with E-state index in [9.17, 15) is 22.8 Å². The van der Waals surface area contributed by atoms with E-state index in [1.807, 2.05) is 0 Å². The lowest BCUT2D eigenvalue weighted by atomic mass is 10.2. The number of amides is 1. The zero-order valence-electron chi connectivity index (χ0n) is 18.0. The van der Waals surface area contributed by atoms with Crippen LogP contribution in [0.4, 0.5) is 18.0 Å². The fraction of sp³-hybridized carbons (Fsp3) is 0.304. The zero-order chi connectivity index (χ0) is 24.3. The van der Waals surface area contributed by atoms with Crippen LogP contribution in [0.5, 0.6) is 23.0 Å². The Morgan fingerprint density at radius 2 is 1.79 bits per heavy atom. The number of benzene rings is 2. The molecule has 0 saturated carbocycles. The van der Waals surface area contributed by atoms with Gasteiger partial charge >= 0.3 is 12.3 Å². The van der Waals surface area contributed by atoms with Gasteiger partial charge in [-0.3, -0.25) is 4.79 Å². The molecule has 0 atom stereocenters. The van der Waals surface area contributed by atoms with Gasteiger partial charge in [-0.15, -0.1) is 0 Å². The second-order valence-corrected chi connectivity index (χ2v) is 7.19. The predicted molar refractivity (Wildman–Crippen MR) is 114 cm³/mol. The second kappa shape index (κ2) is 9.64. The van der Waals surface area contributed by atoms with Crippen molar-refractivity contribution in [1.29, 1.82) is 0 Å². The number of para-hydroxylation sites is 2. The lowest BCUT2D eigenvalue weighted by Gasteiger charge is -2.25. The Labute approximate surface area is 191 Å². The monoisotopic (exact) mass is 479 g/mol. The first kappa shape index (κ1) is 23.4. The molecular formula is C23H20F3NO7. The molecule has 1 saturated heterocycles. The first-order chi connectivity index (χ1) is 16.3. The molecule has 0 aliphatic carbocycles. The number of ether oxygens (including phenoxy) is 4. The molecule has 2 heterocycles. The Kier molecular flexibility index (Phi) is 6.64. The standard InChI is InChI=1S/C23H20F3NO7/c1-2-31-16-5-3-4-6-17(16)33-20-19(28)15-8-7-14(13-18(15)34-21(20)23(24,25)26)32-22(29)27-9-11-30-12-10-27/h3-8,13H,2,9-12H2,1H3. The number of hydrogen-bond acceptors (Lipinski definition) is 7. The molecule has 1 fully saturated rings. The van der Waals surface area contributed by atoms with E-state index in [4.69, 9.17) is 23.4 Å². The highest BCUT2D eigenvalue weighted by Gasteiger charge is 2.41. The van der Waals surface area contributed by atoms with Crippen molar-refractivity contribution >= 4 is 17.1 Å². The molecule has 8 nitrogen and oxygen atoms in total. The Morgan fingerprint density at radius 1 is 1.09 bits per heavy atom. The third-order valence-corrected chi connectivity index (χ3v) is 4.92. The Hall–Kier alpha value is -3.73. The summed E-state index contributed by atoms with van der Waals surface area (Å²) in [6.07, 6.45) is -5.72. The topological polar surface area (TPSA) is 87.4 Å². The van der Waals surface area contributed by atoms with Crippen LogP contribution in [0.1, 0.15) is 12.7 Å². The first-order valence-electron chi connectivity index (χ1n) is 10.4. The molecule has 0 N–H and O–H groups in total. The van der Waals surface area contributed by atoms with Gasteiger partial charge in [-0.05, 0) is 31.2 Å². The number of carbonyl (C=O) groups is 1. The number of halogens is 3. The van der Waals surface area contributed by atoms with Crippen molar-refractivity contribution in [2.45, 2.75) is 13.1 Å². The largest absolute Gasteiger partial charge is 0.490 e. The Bertz CT molecular complexity index is 1250. The minimum atomic E-state index is -5.04. The van der Waals surface area contributed by atoms with Gasteiger partial charge in [0.1, 0.15) is 11.3 Å². The maximum Gasteiger partial charge on any atom is 0.453 e. The van der Waals surface area contributed by atoms with Crippen LogP contribution in [0.15, 0.2) is 51.7 Å². The highest BCUT2D eigenvalue weighted by molar-refractivity contribution is 5.81. The van der Waals surface area contributed by atoms with Gasteiger partial charge in [-0.25, -0.2) is 4.79 Å². The maximum absolute atomic E-state index is 13.8. The summed E-state index contributed by atoms with van der Waals surface area (Å²) in [4.78, 5) is 26.7. The van der Waals surface area contributed by atoms with Gasteiger partial charge in [0, 0.05) is 19.2 Å². The SMILES string of the molecule is CCOc1ccccc1Oc1c(C(F)(F)F)oc2cc(OC(=O)N3CCOCC3)ccc2c1=O. The second-order valence-electron chi connectivity index (χ2n) is 7.19. The molecular weight excluding hydrogens is 459 g/mol. The lowest BCUT2D eigenvalue weighted by molar-refractivity contribution is -0.154. The summed E-state index contributed by atoms with van der Waals surface area (Å²) in [5.41, 5.74) is -1.44. The van der Waals surface area contributed by atoms with Crippen LogP contribution in [-0.4, -0.2) is 43.9 Å². The van der Waals surface area contributed by atoms with Crippen LogP contribution in [0.3, 0.4) is 0 Å².